The predicted octanol–water partition coefficient (Wildman–Crippen LogP) is 2.29. The third kappa shape index (κ3) is 2.54. The van der Waals surface area contributed by atoms with Crippen molar-refractivity contribution in [1.29, 1.82) is 0 Å². The van der Waals surface area contributed by atoms with E-state index in [1.807, 2.05) is 6.07 Å². The molecule has 1 N–H and O–H groups in total. The van der Waals surface area contributed by atoms with Gasteiger partial charge in [0, 0.05) is 25.4 Å². The first kappa shape index (κ1) is 11.8. The van der Waals surface area contributed by atoms with E-state index in [0.29, 0.717) is 5.88 Å². The molecular weight excluding hydrogens is 238 g/mol. The topological polar surface area (TPSA) is 47.0 Å². The molecule has 0 aliphatic carbocycles. The first-order valence-electron chi connectivity index (χ1n) is 5.18. The lowest BCUT2D eigenvalue weighted by atomic mass is 10.1. The fourth-order valence-corrected chi connectivity index (χ4v) is 1.79. The Morgan fingerprint density at radius 1 is 1.12 bits per heavy atom. The maximum atomic E-state index is 5.62. The standard InChI is InChI=1S/C12H11N3O.ClH/c1-2-11(5-10-7-14-6-9(1)10)16-12-3-4-13-8-15-12;/h1-5,8,14H,6-7H2;1H. The molecule has 0 fully saturated rings. The molecule has 2 aromatic rings. The first-order valence-corrected chi connectivity index (χ1v) is 5.18. The molecule has 2 heterocycles. The molecule has 3 rings (SSSR count). The SMILES string of the molecule is Cl.c1cc(Oc2ccc3c(c2)CNC3)ncn1. The monoisotopic (exact) mass is 249 g/mol. The molecule has 0 saturated heterocycles. The summed E-state index contributed by atoms with van der Waals surface area (Å²) >= 11 is 0. The van der Waals surface area contributed by atoms with Gasteiger partial charge in [0.1, 0.15) is 12.1 Å². The van der Waals surface area contributed by atoms with Crippen LogP contribution in [0.3, 0.4) is 0 Å². The van der Waals surface area contributed by atoms with Crippen molar-refractivity contribution in [1.82, 2.24) is 15.3 Å². The summed E-state index contributed by atoms with van der Waals surface area (Å²) in [5, 5.41) is 3.30. The van der Waals surface area contributed by atoms with E-state index in [9.17, 15) is 0 Å². The van der Waals surface area contributed by atoms with Crippen LogP contribution in [0.2, 0.25) is 0 Å². The van der Waals surface area contributed by atoms with Gasteiger partial charge >= 0.3 is 0 Å². The number of aromatic nitrogens is 2. The van der Waals surface area contributed by atoms with Crippen LogP contribution in [0.25, 0.3) is 0 Å². The van der Waals surface area contributed by atoms with Gasteiger partial charge in [-0.25, -0.2) is 9.97 Å². The highest BCUT2D eigenvalue weighted by Gasteiger charge is 2.10. The normalized spacial score (nSPS) is 12.7. The van der Waals surface area contributed by atoms with E-state index in [1.165, 1.54) is 17.5 Å². The Labute approximate surface area is 105 Å². The molecule has 88 valence electrons. The third-order valence-corrected chi connectivity index (χ3v) is 2.59. The van der Waals surface area contributed by atoms with Crippen LogP contribution in [0.4, 0.5) is 0 Å². The van der Waals surface area contributed by atoms with E-state index in [2.05, 4.69) is 27.4 Å². The van der Waals surface area contributed by atoms with Crippen molar-refractivity contribution in [2.24, 2.45) is 0 Å². The number of benzene rings is 1. The largest absolute Gasteiger partial charge is 0.439 e. The Morgan fingerprint density at radius 2 is 2.00 bits per heavy atom. The summed E-state index contributed by atoms with van der Waals surface area (Å²) in [6.45, 7) is 1.86. The molecule has 0 bridgehead atoms. The zero-order valence-corrected chi connectivity index (χ0v) is 9.91. The smallest absolute Gasteiger partial charge is 0.222 e. The first-order chi connectivity index (χ1) is 7.92. The van der Waals surface area contributed by atoms with Crippen LogP contribution < -0.4 is 10.1 Å². The molecule has 4 nitrogen and oxygen atoms in total. The highest BCUT2D eigenvalue weighted by atomic mass is 35.5. The zero-order valence-electron chi connectivity index (χ0n) is 9.09. The van der Waals surface area contributed by atoms with E-state index in [1.54, 1.807) is 12.3 Å². The van der Waals surface area contributed by atoms with Gasteiger partial charge in [-0.2, -0.15) is 0 Å². The summed E-state index contributed by atoms with van der Waals surface area (Å²) in [5.74, 6) is 1.39. The van der Waals surface area contributed by atoms with Crippen LogP contribution in [-0.4, -0.2) is 9.97 Å². The predicted molar refractivity (Wildman–Crippen MR) is 66.3 cm³/mol. The highest BCUT2D eigenvalue weighted by Crippen LogP contribution is 2.24. The average molecular weight is 250 g/mol. The maximum absolute atomic E-state index is 5.62. The molecule has 1 aromatic carbocycles. The van der Waals surface area contributed by atoms with Gasteiger partial charge in [-0.15, -0.1) is 12.4 Å². The molecule has 0 saturated carbocycles. The number of nitrogens with one attached hydrogen (secondary N) is 1. The van der Waals surface area contributed by atoms with Crippen molar-refractivity contribution >= 4 is 12.4 Å². The Morgan fingerprint density at radius 3 is 2.82 bits per heavy atom. The minimum atomic E-state index is 0. The van der Waals surface area contributed by atoms with Crippen LogP contribution in [0.15, 0.2) is 36.8 Å². The molecule has 5 heteroatoms. The third-order valence-electron chi connectivity index (χ3n) is 2.59. The second-order valence-corrected chi connectivity index (χ2v) is 3.68. The van der Waals surface area contributed by atoms with Crippen molar-refractivity contribution in [2.75, 3.05) is 0 Å². The van der Waals surface area contributed by atoms with Gasteiger partial charge in [-0.1, -0.05) is 6.07 Å². The molecule has 0 radical (unpaired) electrons. The van der Waals surface area contributed by atoms with Crippen molar-refractivity contribution in [3.05, 3.63) is 47.9 Å². The van der Waals surface area contributed by atoms with Gasteiger partial charge < -0.3 is 10.1 Å². The Kier molecular flexibility index (Phi) is 3.56. The van der Waals surface area contributed by atoms with E-state index in [0.717, 1.165) is 18.8 Å². The molecule has 0 spiro atoms. The Balaban J connectivity index is 0.00000108. The summed E-state index contributed by atoms with van der Waals surface area (Å²) in [5.41, 5.74) is 2.64. The summed E-state index contributed by atoms with van der Waals surface area (Å²) in [7, 11) is 0. The molecule has 1 aliphatic rings. The molecule has 0 atom stereocenters. The number of hydrogen-bond donors (Lipinski definition) is 1. The van der Waals surface area contributed by atoms with Crippen LogP contribution >= 0.6 is 12.4 Å². The van der Waals surface area contributed by atoms with E-state index in [4.69, 9.17) is 4.74 Å². The molecule has 1 aliphatic heterocycles. The summed E-state index contributed by atoms with van der Waals surface area (Å²) in [6, 6.07) is 7.85. The molecular formula is C12H12ClN3O. The average Bonchev–Trinajstić information content (AvgIpc) is 2.77. The second-order valence-electron chi connectivity index (χ2n) is 3.68. The number of fused-ring (bicyclic) bond motifs is 1. The van der Waals surface area contributed by atoms with Gasteiger partial charge in [-0.3, -0.25) is 0 Å². The lowest BCUT2D eigenvalue weighted by Gasteiger charge is -2.05. The molecule has 0 unspecified atom stereocenters. The Bertz CT molecular complexity index is 504. The molecule has 1 aromatic heterocycles. The number of hydrogen-bond acceptors (Lipinski definition) is 4. The van der Waals surface area contributed by atoms with Crippen molar-refractivity contribution in [3.8, 4) is 11.6 Å². The summed E-state index contributed by atoms with van der Waals surface area (Å²) in [6.07, 6.45) is 3.14. The lowest BCUT2D eigenvalue weighted by molar-refractivity contribution is 0.461. The minimum Gasteiger partial charge on any atom is -0.439 e. The number of rotatable bonds is 2. The van der Waals surface area contributed by atoms with Gasteiger partial charge in [0.2, 0.25) is 5.88 Å². The fraction of sp³-hybridized carbons (Fsp3) is 0.167. The summed E-state index contributed by atoms with van der Waals surface area (Å²) in [4.78, 5) is 7.86. The quantitative estimate of drug-likeness (QED) is 0.887. The van der Waals surface area contributed by atoms with Crippen LogP contribution in [0.1, 0.15) is 11.1 Å². The zero-order chi connectivity index (χ0) is 10.8. The number of ether oxygens (including phenoxy) is 1. The van der Waals surface area contributed by atoms with Crippen molar-refractivity contribution in [3.63, 3.8) is 0 Å². The van der Waals surface area contributed by atoms with Gasteiger partial charge in [0.05, 0.1) is 0 Å². The van der Waals surface area contributed by atoms with E-state index < -0.39 is 0 Å². The van der Waals surface area contributed by atoms with E-state index in [-0.39, 0.29) is 12.4 Å². The Hall–Kier alpha value is -1.65. The molecule has 17 heavy (non-hydrogen) atoms. The van der Waals surface area contributed by atoms with Gasteiger partial charge in [0.25, 0.3) is 0 Å². The van der Waals surface area contributed by atoms with Crippen LogP contribution in [-0.2, 0) is 13.1 Å². The number of nitrogens with zero attached hydrogens (tertiary/aromatic N) is 2. The molecule has 0 amide bonds. The highest BCUT2D eigenvalue weighted by molar-refractivity contribution is 5.85. The van der Waals surface area contributed by atoms with Crippen LogP contribution in [0.5, 0.6) is 11.6 Å². The van der Waals surface area contributed by atoms with Crippen molar-refractivity contribution in [2.45, 2.75) is 13.1 Å². The number of halogens is 1. The summed E-state index contributed by atoms with van der Waals surface area (Å²) < 4.78 is 5.62. The van der Waals surface area contributed by atoms with Crippen LogP contribution in [0, 0.1) is 0 Å². The van der Waals surface area contributed by atoms with Crippen molar-refractivity contribution < 1.29 is 4.74 Å². The lowest BCUT2D eigenvalue weighted by Crippen LogP contribution is -1.99. The maximum Gasteiger partial charge on any atom is 0.222 e. The van der Waals surface area contributed by atoms with Gasteiger partial charge in [-0.05, 0) is 23.3 Å². The second kappa shape index (κ2) is 5.12. The fourth-order valence-electron chi connectivity index (χ4n) is 1.79. The van der Waals surface area contributed by atoms with E-state index >= 15 is 0 Å². The van der Waals surface area contributed by atoms with Gasteiger partial charge in [0.15, 0.2) is 0 Å². The minimum absolute atomic E-state index is 0.